The molecule has 0 aliphatic carbocycles. The lowest BCUT2D eigenvalue weighted by Gasteiger charge is -2.31. The van der Waals surface area contributed by atoms with Crippen LogP contribution in [-0.2, 0) is 11.3 Å². The van der Waals surface area contributed by atoms with Gasteiger partial charge in [-0.15, -0.1) is 0 Å². The number of aromatic nitrogens is 3. The zero-order valence-electron chi connectivity index (χ0n) is 18.5. The van der Waals surface area contributed by atoms with Crippen LogP contribution in [0.4, 0.5) is 0 Å². The second-order valence-corrected chi connectivity index (χ2v) is 8.85. The normalized spacial score (nSPS) is 16.5. The van der Waals surface area contributed by atoms with E-state index in [1.807, 2.05) is 49.9 Å². The Balaban J connectivity index is 1.75. The molecule has 32 heavy (non-hydrogen) atoms. The molecule has 8 heteroatoms. The van der Waals surface area contributed by atoms with E-state index < -0.39 is 11.6 Å². The molecule has 166 valence electrons. The van der Waals surface area contributed by atoms with Crippen LogP contribution in [0.1, 0.15) is 37.9 Å². The molecule has 1 aliphatic rings. The molecule has 1 unspecified atom stereocenters. The molecule has 0 saturated heterocycles. The average Bonchev–Trinajstić information content (AvgIpc) is 2.92. The van der Waals surface area contributed by atoms with Gasteiger partial charge in [0.1, 0.15) is 24.4 Å². The zero-order chi connectivity index (χ0) is 22.7. The van der Waals surface area contributed by atoms with Crippen LogP contribution in [0.2, 0.25) is 0 Å². The minimum absolute atomic E-state index is 0.196. The van der Waals surface area contributed by atoms with Gasteiger partial charge < -0.3 is 15.3 Å². The van der Waals surface area contributed by atoms with E-state index in [1.54, 1.807) is 12.4 Å². The third kappa shape index (κ3) is 4.86. The van der Waals surface area contributed by atoms with Gasteiger partial charge in [-0.3, -0.25) is 14.7 Å². The van der Waals surface area contributed by atoms with E-state index in [0.29, 0.717) is 35.9 Å². The maximum atomic E-state index is 13.4. The SMILES string of the molecule is CC(C)(C)NC(=O)C1c2c[n+]([O-])cnc2OCCN1Cc1ccccc1-c1ccncc1. The van der Waals surface area contributed by atoms with Crippen LogP contribution in [0.25, 0.3) is 11.1 Å². The number of carbonyl (C=O) groups excluding carboxylic acids is 1. The summed E-state index contributed by atoms with van der Waals surface area (Å²) in [7, 11) is 0. The number of pyridine rings is 1. The van der Waals surface area contributed by atoms with E-state index in [2.05, 4.69) is 27.4 Å². The Kier molecular flexibility index (Phi) is 6.05. The Morgan fingerprint density at radius 2 is 2.00 bits per heavy atom. The van der Waals surface area contributed by atoms with Gasteiger partial charge in [-0.2, -0.15) is 0 Å². The highest BCUT2D eigenvalue weighted by molar-refractivity contribution is 5.84. The lowest BCUT2D eigenvalue weighted by Crippen LogP contribution is -2.48. The number of hydrogen-bond donors (Lipinski definition) is 1. The molecule has 0 fully saturated rings. The summed E-state index contributed by atoms with van der Waals surface area (Å²) in [5, 5.41) is 15.1. The van der Waals surface area contributed by atoms with Crippen molar-refractivity contribution in [2.75, 3.05) is 13.2 Å². The van der Waals surface area contributed by atoms with Crippen molar-refractivity contribution in [1.82, 2.24) is 20.2 Å². The van der Waals surface area contributed by atoms with E-state index in [9.17, 15) is 10.0 Å². The Hall–Kier alpha value is -3.52. The number of amides is 1. The summed E-state index contributed by atoms with van der Waals surface area (Å²) in [6, 6.07) is 11.3. The highest BCUT2D eigenvalue weighted by atomic mass is 16.5. The standard InChI is InChI=1S/C24H27N5O3/c1-24(2,3)27-22(30)21-20-15-29(31)16-26-23(20)32-13-12-28(21)14-18-6-4-5-7-19(18)17-8-10-25-11-9-17/h4-11,15-16,21H,12-14H2,1-3H3,(H,27,30). The van der Waals surface area contributed by atoms with Crippen LogP contribution in [-0.4, -0.2) is 39.5 Å². The van der Waals surface area contributed by atoms with Crippen LogP contribution in [0.5, 0.6) is 5.88 Å². The van der Waals surface area contributed by atoms with Crippen molar-refractivity contribution >= 4 is 5.91 Å². The van der Waals surface area contributed by atoms with Crippen LogP contribution in [0.15, 0.2) is 61.3 Å². The predicted octanol–water partition coefficient (Wildman–Crippen LogP) is 2.63. The largest absolute Gasteiger partial charge is 0.711 e. The molecular weight excluding hydrogens is 406 g/mol. The van der Waals surface area contributed by atoms with Crippen LogP contribution in [0, 0.1) is 5.21 Å². The van der Waals surface area contributed by atoms with E-state index >= 15 is 0 Å². The topological polar surface area (TPSA) is 94.3 Å². The van der Waals surface area contributed by atoms with Crippen LogP contribution < -0.4 is 14.8 Å². The zero-order valence-corrected chi connectivity index (χ0v) is 18.5. The van der Waals surface area contributed by atoms with Crippen molar-refractivity contribution in [3.8, 4) is 17.0 Å². The van der Waals surface area contributed by atoms with Crippen molar-refractivity contribution in [3.05, 3.63) is 77.7 Å². The molecule has 1 N–H and O–H groups in total. The van der Waals surface area contributed by atoms with Crippen molar-refractivity contribution < 1.29 is 14.3 Å². The molecule has 8 nitrogen and oxygen atoms in total. The number of ether oxygens (including phenoxy) is 1. The molecule has 0 radical (unpaired) electrons. The van der Waals surface area contributed by atoms with Gasteiger partial charge in [0, 0.05) is 31.0 Å². The quantitative estimate of drug-likeness (QED) is 0.502. The summed E-state index contributed by atoms with van der Waals surface area (Å²) >= 11 is 0. The minimum Gasteiger partial charge on any atom is -0.711 e. The summed E-state index contributed by atoms with van der Waals surface area (Å²) in [6.45, 7) is 7.15. The smallest absolute Gasteiger partial charge is 0.336 e. The second-order valence-electron chi connectivity index (χ2n) is 8.85. The first-order valence-corrected chi connectivity index (χ1v) is 10.6. The number of carbonyl (C=O) groups is 1. The fraction of sp³-hybridized carbons (Fsp3) is 0.333. The first kappa shape index (κ1) is 21.7. The maximum Gasteiger partial charge on any atom is 0.336 e. The van der Waals surface area contributed by atoms with Crippen molar-refractivity contribution in [2.24, 2.45) is 0 Å². The number of hydrogen-bond acceptors (Lipinski definition) is 6. The molecule has 0 saturated carbocycles. The molecule has 2 aromatic heterocycles. The second kappa shape index (κ2) is 8.92. The fourth-order valence-electron chi connectivity index (χ4n) is 3.91. The summed E-state index contributed by atoms with van der Waals surface area (Å²) in [5.74, 6) is 0.120. The van der Waals surface area contributed by atoms with Crippen molar-refractivity contribution in [3.63, 3.8) is 0 Å². The third-order valence-electron chi connectivity index (χ3n) is 5.21. The molecular formula is C24H27N5O3. The lowest BCUT2D eigenvalue weighted by molar-refractivity contribution is -0.609. The van der Waals surface area contributed by atoms with Gasteiger partial charge in [0.2, 0.25) is 5.91 Å². The summed E-state index contributed by atoms with van der Waals surface area (Å²) in [6.07, 6.45) is 6.05. The molecule has 3 aromatic rings. The van der Waals surface area contributed by atoms with Gasteiger partial charge in [-0.1, -0.05) is 24.3 Å². The maximum absolute atomic E-state index is 13.4. The summed E-state index contributed by atoms with van der Waals surface area (Å²) < 4.78 is 6.41. The Morgan fingerprint density at radius 1 is 1.25 bits per heavy atom. The number of nitrogens with one attached hydrogen (secondary N) is 1. The van der Waals surface area contributed by atoms with Gasteiger partial charge in [0.25, 0.3) is 6.33 Å². The van der Waals surface area contributed by atoms with Crippen LogP contribution >= 0.6 is 0 Å². The average molecular weight is 434 g/mol. The molecule has 1 aromatic carbocycles. The highest BCUT2D eigenvalue weighted by Gasteiger charge is 2.37. The lowest BCUT2D eigenvalue weighted by atomic mass is 9.98. The van der Waals surface area contributed by atoms with E-state index in [0.717, 1.165) is 23.0 Å². The van der Waals surface area contributed by atoms with Crippen LogP contribution in [0.3, 0.4) is 0 Å². The number of nitrogens with zero attached hydrogens (tertiary/aromatic N) is 4. The Bertz CT molecular complexity index is 1100. The number of benzene rings is 1. The Labute approximate surface area is 187 Å². The molecule has 1 aliphatic heterocycles. The van der Waals surface area contributed by atoms with E-state index in [1.165, 1.54) is 6.20 Å². The van der Waals surface area contributed by atoms with E-state index in [-0.39, 0.29) is 5.91 Å². The van der Waals surface area contributed by atoms with E-state index in [4.69, 9.17) is 4.74 Å². The molecule has 4 rings (SSSR count). The first-order valence-electron chi connectivity index (χ1n) is 10.6. The van der Waals surface area contributed by atoms with Crippen molar-refractivity contribution in [2.45, 2.75) is 38.9 Å². The molecule has 3 heterocycles. The third-order valence-corrected chi connectivity index (χ3v) is 5.21. The molecule has 1 atom stereocenters. The number of fused-ring (bicyclic) bond motifs is 1. The van der Waals surface area contributed by atoms with Gasteiger partial charge in [0.05, 0.1) is 0 Å². The van der Waals surface area contributed by atoms with Gasteiger partial charge in [0.15, 0.2) is 0 Å². The Morgan fingerprint density at radius 3 is 2.75 bits per heavy atom. The summed E-state index contributed by atoms with van der Waals surface area (Å²) in [4.78, 5) is 23.7. The summed E-state index contributed by atoms with van der Waals surface area (Å²) in [5.41, 5.74) is 3.22. The minimum atomic E-state index is -0.717. The molecule has 0 bridgehead atoms. The monoisotopic (exact) mass is 433 g/mol. The van der Waals surface area contributed by atoms with Gasteiger partial charge in [-0.05, 0) is 54.6 Å². The highest BCUT2D eigenvalue weighted by Crippen LogP contribution is 2.33. The molecule has 1 amide bonds. The van der Waals surface area contributed by atoms with Gasteiger partial charge in [-0.25, -0.2) is 4.73 Å². The predicted molar refractivity (Wildman–Crippen MR) is 119 cm³/mol. The van der Waals surface area contributed by atoms with Crippen molar-refractivity contribution in [1.29, 1.82) is 0 Å². The molecule has 0 spiro atoms. The van der Waals surface area contributed by atoms with Gasteiger partial charge >= 0.3 is 5.88 Å². The number of rotatable bonds is 4. The first-order chi connectivity index (χ1) is 15.3. The fourth-order valence-corrected chi connectivity index (χ4v) is 3.91.